The highest BCUT2D eigenvalue weighted by Crippen LogP contribution is 2.23. The largest absolute Gasteiger partial charge is 0.359 e. The molecule has 0 aromatic carbocycles. The van der Waals surface area contributed by atoms with Gasteiger partial charge in [-0.2, -0.15) is 0 Å². The highest BCUT2D eigenvalue weighted by molar-refractivity contribution is 5.78. The van der Waals surface area contributed by atoms with E-state index in [0.717, 1.165) is 12.8 Å². The molecule has 0 aromatic rings. The number of nitrogens with one attached hydrogen (secondary N) is 1. The number of hydrogen-bond donors (Lipinski definition) is 1. The van der Waals surface area contributed by atoms with Gasteiger partial charge in [0.15, 0.2) is 0 Å². The van der Waals surface area contributed by atoms with E-state index in [1.54, 1.807) is 7.05 Å². The van der Waals surface area contributed by atoms with E-state index in [9.17, 15) is 4.79 Å². The topological polar surface area (TPSA) is 29.1 Å². The molecule has 2 heteroatoms. The summed E-state index contributed by atoms with van der Waals surface area (Å²) in [7, 11) is 1.72. The summed E-state index contributed by atoms with van der Waals surface area (Å²) in [4.78, 5) is 11.1. The maximum absolute atomic E-state index is 11.1. The van der Waals surface area contributed by atoms with Crippen LogP contribution < -0.4 is 5.32 Å². The second-order valence-electron chi connectivity index (χ2n) is 3.66. The number of carbonyl (C=O) groups is 1. The van der Waals surface area contributed by atoms with E-state index >= 15 is 0 Å². The van der Waals surface area contributed by atoms with Crippen LogP contribution in [0.25, 0.3) is 0 Å². The molecule has 0 aromatic heterocycles. The quantitative estimate of drug-likeness (QED) is 0.672. The Morgan fingerprint density at radius 3 is 2.15 bits per heavy atom. The maximum atomic E-state index is 11.1. The molecule has 13 heavy (non-hydrogen) atoms. The van der Waals surface area contributed by atoms with Crippen LogP contribution in [0, 0.1) is 5.92 Å². The van der Waals surface area contributed by atoms with Gasteiger partial charge in [-0.15, -0.1) is 0 Å². The highest BCUT2D eigenvalue weighted by Gasteiger charge is 2.19. The van der Waals surface area contributed by atoms with Crippen LogP contribution in [0.4, 0.5) is 0 Å². The van der Waals surface area contributed by atoms with Gasteiger partial charge in [0.1, 0.15) is 0 Å². The monoisotopic (exact) mass is 187 g/mol. The molecule has 0 atom stereocenters. The summed E-state index contributed by atoms with van der Waals surface area (Å²) in [5, 5.41) is 2.70. The van der Waals surface area contributed by atoms with Crippen molar-refractivity contribution in [2.45, 2.75) is 52.4 Å². The Balaban J connectivity index is 0. The molecular weight excluding hydrogens is 162 g/mol. The summed E-state index contributed by atoms with van der Waals surface area (Å²) in [6, 6.07) is 0. The molecule has 1 N–H and O–H groups in total. The van der Waals surface area contributed by atoms with E-state index in [-0.39, 0.29) is 7.33 Å². The zero-order valence-corrected chi connectivity index (χ0v) is 9.23. The number of rotatable bonds is 1. The first-order valence-electron chi connectivity index (χ1n) is 5.47. The molecule has 80 valence electrons. The van der Waals surface area contributed by atoms with Crippen molar-refractivity contribution in [1.29, 1.82) is 0 Å². The lowest BCUT2D eigenvalue weighted by molar-refractivity contribution is -0.125. The highest BCUT2D eigenvalue weighted by atomic mass is 16.1. The van der Waals surface area contributed by atoms with Gasteiger partial charge in [-0.3, -0.25) is 4.79 Å². The SMILES string of the molecule is CCC.CNC(=O)C1CCCCC1.[HH]. The maximum Gasteiger partial charge on any atom is 0.222 e. The van der Waals surface area contributed by atoms with Crippen molar-refractivity contribution >= 4 is 5.91 Å². The lowest BCUT2D eigenvalue weighted by atomic mass is 9.89. The Morgan fingerprint density at radius 2 is 1.77 bits per heavy atom. The summed E-state index contributed by atoms with van der Waals surface area (Å²) < 4.78 is 0. The molecule has 1 rings (SSSR count). The summed E-state index contributed by atoms with van der Waals surface area (Å²) in [6.07, 6.45) is 7.23. The van der Waals surface area contributed by atoms with Crippen molar-refractivity contribution in [1.82, 2.24) is 5.32 Å². The van der Waals surface area contributed by atoms with Crippen LogP contribution >= 0.6 is 0 Å². The number of hydrogen-bond acceptors (Lipinski definition) is 1. The van der Waals surface area contributed by atoms with Gasteiger partial charge in [-0.25, -0.2) is 0 Å². The van der Waals surface area contributed by atoms with Gasteiger partial charge in [-0.05, 0) is 12.8 Å². The lowest BCUT2D eigenvalue weighted by Gasteiger charge is -2.19. The lowest BCUT2D eigenvalue weighted by Crippen LogP contribution is -2.28. The molecule has 0 unspecified atom stereocenters. The standard InChI is InChI=1S/C8H15NO.C3H8.H2/c1-9-8(10)7-5-3-2-4-6-7;1-3-2;/h7H,2-6H2,1H3,(H,9,10);3H2,1-2H3;1H. The van der Waals surface area contributed by atoms with Crippen LogP contribution in [0.5, 0.6) is 0 Å². The molecular formula is C11H25NO. The van der Waals surface area contributed by atoms with E-state index in [0.29, 0.717) is 5.92 Å². The Morgan fingerprint density at radius 1 is 1.31 bits per heavy atom. The van der Waals surface area contributed by atoms with E-state index in [2.05, 4.69) is 19.2 Å². The second-order valence-corrected chi connectivity index (χ2v) is 3.66. The summed E-state index contributed by atoms with van der Waals surface area (Å²) in [5.74, 6) is 0.554. The Labute approximate surface area is 83.6 Å². The molecule has 0 bridgehead atoms. The second kappa shape index (κ2) is 8.09. The zero-order valence-electron chi connectivity index (χ0n) is 9.23. The number of carbonyl (C=O) groups excluding carboxylic acids is 1. The third-order valence-electron chi connectivity index (χ3n) is 2.22. The van der Waals surface area contributed by atoms with E-state index in [1.807, 2.05) is 0 Å². The van der Waals surface area contributed by atoms with Gasteiger partial charge in [-0.1, -0.05) is 39.5 Å². The van der Waals surface area contributed by atoms with Crippen LogP contribution in [0.1, 0.15) is 53.8 Å². The van der Waals surface area contributed by atoms with Crippen molar-refractivity contribution < 1.29 is 6.22 Å². The Kier molecular flexibility index (Phi) is 7.76. The minimum Gasteiger partial charge on any atom is -0.359 e. The predicted molar refractivity (Wildman–Crippen MR) is 58.7 cm³/mol. The van der Waals surface area contributed by atoms with Gasteiger partial charge in [0.2, 0.25) is 5.91 Å². The average Bonchev–Trinajstić information content (AvgIpc) is 2.19. The molecule has 1 fully saturated rings. The minimum absolute atomic E-state index is 0. The zero-order chi connectivity index (χ0) is 10.1. The molecule has 0 saturated heterocycles. The van der Waals surface area contributed by atoms with E-state index in [1.165, 1.54) is 25.7 Å². The average molecular weight is 187 g/mol. The number of amides is 1. The third-order valence-corrected chi connectivity index (χ3v) is 2.22. The fourth-order valence-electron chi connectivity index (χ4n) is 1.57. The third kappa shape index (κ3) is 5.67. The van der Waals surface area contributed by atoms with Crippen molar-refractivity contribution in [3.8, 4) is 0 Å². The molecule has 0 radical (unpaired) electrons. The van der Waals surface area contributed by atoms with Gasteiger partial charge in [0.05, 0.1) is 0 Å². The van der Waals surface area contributed by atoms with Crippen molar-refractivity contribution in [3.05, 3.63) is 0 Å². The normalized spacial score (nSPS) is 17.2. The molecule has 0 spiro atoms. The molecule has 2 nitrogen and oxygen atoms in total. The van der Waals surface area contributed by atoms with Crippen LogP contribution in [-0.4, -0.2) is 13.0 Å². The first-order chi connectivity index (χ1) is 6.26. The molecule has 1 amide bonds. The van der Waals surface area contributed by atoms with E-state index < -0.39 is 0 Å². The fourth-order valence-corrected chi connectivity index (χ4v) is 1.57. The smallest absolute Gasteiger partial charge is 0.222 e. The first kappa shape index (κ1) is 12.5. The molecule has 0 heterocycles. The van der Waals surface area contributed by atoms with Gasteiger partial charge in [0.25, 0.3) is 0 Å². The molecule has 1 aliphatic carbocycles. The van der Waals surface area contributed by atoms with Crippen molar-refractivity contribution in [2.24, 2.45) is 5.92 Å². The Hall–Kier alpha value is -0.530. The summed E-state index contributed by atoms with van der Waals surface area (Å²) in [5.41, 5.74) is 0. The fraction of sp³-hybridized carbons (Fsp3) is 0.909. The van der Waals surface area contributed by atoms with Gasteiger partial charge < -0.3 is 5.32 Å². The van der Waals surface area contributed by atoms with Gasteiger partial charge >= 0.3 is 0 Å². The molecule has 0 aliphatic heterocycles. The van der Waals surface area contributed by atoms with Crippen LogP contribution in [-0.2, 0) is 4.79 Å². The van der Waals surface area contributed by atoms with Gasteiger partial charge in [0, 0.05) is 14.4 Å². The van der Waals surface area contributed by atoms with Crippen molar-refractivity contribution in [3.63, 3.8) is 0 Å². The minimum atomic E-state index is 0. The first-order valence-corrected chi connectivity index (χ1v) is 5.47. The summed E-state index contributed by atoms with van der Waals surface area (Å²) in [6.45, 7) is 4.25. The predicted octanol–water partition coefficient (Wildman–Crippen LogP) is 2.98. The van der Waals surface area contributed by atoms with Crippen LogP contribution in [0.2, 0.25) is 0 Å². The Bertz CT molecular complexity index is 133. The molecule has 1 aliphatic rings. The van der Waals surface area contributed by atoms with Crippen molar-refractivity contribution in [2.75, 3.05) is 7.05 Å². The summed E-state index contributed by atoms with van der Waals surface area (Å²) >= 11 is 0. The van der Waals surface area contributed by atoms with E-state index in [4.69, 9.17) is 0 Å². The van der Waals surface area contributed by atoms with Crippen LogP contribution in [0.15, 0.2) is 0 Å². The molecule has 1 saturated carbocycles. The van der Waals surface area contributed by atoms with Crippen LogP contribution in [0.3, 0.4) is 0 Å².